The van der Waals surface area contributed by atoms with E-state index < -0.39 is 11.7 Å². The zero-order valence-corrected chi connectivity index (χ0v) is 18.0. The molecule has 0 atom stereocenters. The van der Waals surface area contributed by atoms with Crippen LogP contribution in [0.3, 0.4) is 0 Å². The van der Waals surface area contributed by atoms with Gasteiger partial charge in [-0.2, -0.15) is 5.10 Å². The molecule has 0 spiro atoms. The molecular weight excluding hydrogens is 392 g/mol. The lowest BCUT2D eigenvalue weighted by atomic mass is 10.2. The smallest absolute Gasteiger partial charge is 0.407 e. The quantitative estimate of drug-likeness (QED) is 0.544. The van der Waals surface area contributed by atoms with E-state index in [2.05, 4.69) is 15.3 Å². The van der Waals surface area contributed by atoms with Crippen molar-refractivity contribution >= 4 is 11.8 Å². The third kappa shape index (κ3) is 6.61. The predicted octanol–water partition coefficient (Wildman–Crippen LogP) is 5.07. The van der Waals surface area contributed by atoms with E-state index in [1.54, 1.807) is 23.0 Å². The second kappa shape index (κ2) is 9.81. The molecule has 0 unspecified atom stereocenters. The van der Waals surface area contributed by atoms with Crippen molar-refractivity contribution in [3.05, 3.63) is 83.5 Å². The van der Waals surface area contributed by atoms with Gasteiger partial charge in [0.05, 0.1) is 12.8 Å². The van der Waals surface area contributed by atoms with Crippen LogP contribution in [0.15, 0.2) is 60.9 Å². The van der Waals surface area contributed by atoms with E-state index in [4.69, 9.17) is 16.0 Å². The van der Waals surface area contributed by atoms with Crippen molar-refractivity contribution in [3.8, 4) is 11.4 Å². The minimum atomic E-state index is -0.525. The van der Waals surface area contributed by atoms with Crippen molar-refractivity contribution in [2.75, 3.05) is 6.54 Å². The summed E-state index contributed by atoms with van der Waals surface area (Å²) in [7, 11) is 0. The number of alkyl carbamates (subject to hydrolysis) is 1. The molecule has 0 fully saturated rings. The summed E-state index contributed by atoms with van der Waals surface area (Å²) in [6, 6.07) is 15.1. The van der Waals surface area contributed by atoms with E-state index in [1.807, 2.05) is 63.4 Å². The van der Waals surface area contributed by atoms with E-state index in [0.29, 0.717) is 31.0 Å². The number of rotatable bonds is 7. The molecule has 0 aliphatic carbocycles. The topological polar surface area (TPSA) is 69.7 Å². The van der Waals surface area contributed by atoms with Gasteiger partial charge in [-0.3, -0.25) is 0 Å². The van der Waals surface area contributed by atoms with Crippen LogP contribution in [0.1, 0.15) is 31.9 Å². The van der Waals surface area contributed by atoms with E-state index in [-0.39, 0.29) is 0 Å². The van der Waals surface area contributed by atoms with Crippen LogP contribution in [0.25, 0.3) is 10.5 Å². The second-order valence-electron chi connectivity index (χ2n) is 8.01. The Labute approximate surface area is 182 Å². The van der Waals surface area contributed by atoms with Gasteiger partial charge < -0.3 is 14.8 Å². The SMILES string of the molecule is [C-]#[N+]c1ccc(-n2cc(CCNC(=O)OC(C)(C)C)cn2)c(OCc2ccccc2)c1. The monoisotopic (exact) mass is 418 g/mol. The summed E-state index contributed by atoms with van der Waals surface area (Å²) in [6.45, 7) is 13.6. The highest BCUT2D eigenvalue weighted by Crippen LogP contribution is 2.29. The maximum atomic E-state index is 11.8. The number of nitrogens with zero attached hydrogens (tertiary/aromatic N) is 3. The van der Waals surface area contributed by atoms with Gasteiger partial charge in [-0.05, 0) is 50.5 Å². The minimum Gasteiger partial charge on any atom is -0.488 e. The Kier molecular flexibility index (Phi) is 6.93. The number of aromatic nitrogens is 2. The molecule has 1 amide bonds. The number of carbonyl (C=O) groups is 1. The molecule has 0 saturated carbocycles. The highest BCUT2D eigenvalue weighted by atomic mass is 16.6. The Morgan fingerprint density at radius 1 is 1.16 bits per heavy atom. The van der Waals surface area contributed by atoms with Gasteiger partial charge in [-0.25, -0.2) is 14.3 Å². The van der Waals surface area contributed by atoms with Crippen LogP contribution in [0.5, 0.6) is 5.75 Å². The van der Waals surface area contributed by atoms with Crippen LogP contribution in [-0.4, -0.2) is 28.0 Å². The van der Waals surface area contributed by atoms with Gasteiger partial charge in [0, 0.05) is 12.7 Å². The van der Waals surface area contributed by atoms with Gasteiger partial charge in [0.1, 0.15) is 23.6 Å². The van der Waals surface area contributed by atoms with Crippen LogP contribution in [-0.2, 0) is 17.8 Å². The van der Waals surface area contributed by atoms with Crippen LogP contribution < -0.4 is 10.1 Å². The van der Waals surface area contributed by atoms with Crippen molar-refractivity contribution in [2.45, 2.75) is 39.4 Å². The number of benzene rings is 2. The first-order valence-corrected chi connectivity index (χ1v) is 10.0. The van der Waals surface area contributed by atoms with Crippen LogP contribution in [0.2, 0.25) is 0 Å². The third-order valence-electron chi connectivity index (χ3n) is 4.27. The Bertz CT molecular complexity index is 1060. The number of ether oxygens (including phenoxy) is 2. The van der Waals surface area contributed by atoms with Crippen molar-refractivity contribution in [1.29, 1.82) is 0 Å². The van der Waals surface area contributed by atoms with Gasteiger partial charge in [0.15, 0.2) is 5.69 Å². The van der Waals surface area contributed by atoms with Gasteiger partial charge in [0.25, 0.3) is 0 Å². The molecule has 0 aliphatic heterocycles. The summed E-state index contributed by atoms with van der Waals surface area (Å²) in [6.07, 6.45) is 3.81. The molecule has 1 N–H and O–H groups in total. The lowest BCUT2D eigenvalue weighted by molar-refractivity contribution is 0.0528. The van der Waals surface area contributed by atoms with Gasteiger partial charge in [-0.1, -0.05) is 36.4 Å². The highest BCUT2D eigenvalue weighted by molar-refractivity contribution is 5.67. The fraction of sp³-hybridized carbons (Fsp3) is 0.292. The molecule has 7 nitrogen and oxygen atoms in total. The lowest BCUT2D eigenvalue weighted by Gasteiger charge is -2.19. The molecule has 0 saturated heterocycles. The Balaban J connectivity index is 1.67. The third-order valence-corrected chi connectivity index (χ3v) is 4.27. The maximum absolute atomic E-state index is 11.8. The molecule has 3 rings (SSSR count). The Hall–Kier alpha value is -3.79. The van der Waals surface area contributed by atoms with Gasteiger partial charge >= 0.3 is 6.09 Å². The fourth-order valence-corrected chi connectivity index (χ4v) is 2.86. The molecule has 3 aromatic rings. The normalized spacial score (nSPS) is 10.9. The van der Waals surface area contributed by atoms with Crippen LogP contribution >= 0.6 is 0 Å². The summed E-state index contributed by atoms with van der Waals surface area (Å²) in [4.78, 5) is 15.3. The van der Waals surface area contributed by atoms with E-state index in [0.717, 1.165) is 16.8 Å². The molecular formula is C24H26N4O3. The van der Waals surface area contributed by atoms with Crippen molar-refractivity contribution in [2.24, 2.45) is 0 Å². The summed E-state index contributed by atoms with van der Waals surface area (Å²) < 4.78 is 13.0. The van der Waals surface area contributed by atoms with E-state index >= 15 is 0 Å². The fourth-order valence-electron chi connectivity index (χ4n) is 2.86. The lowest BCUT2D eigenvalue weighted by Crippen LogP contribution is -2.33. The molecule has 160 valence electrons. The minimum absolute atomic E-state index is 0.392. The van der Waals surface area contributed by atoms with Crippen molar-refractivity contribution in [1.82, 2.24) is 15.1 Å². The molecule has 0 aliphatic rings. The standard InChI is InChI=1S/C24H26N4O3/c1-24(2,3)31-23(29)26-13-12-19-15-27-28(16-19)21-11-10-20(25-4)14-22(21)30-17-18-8-6-5-7-9-18/h5-11,14-16H,12-13,17H2,1-3H3,(H,26,29). The molecule has 2 aromatic carbocycles. The van der Waals surface area contributed by atoms with E-state index in [1.165, 1.54) is 0 Å². The van der Waals surface area contributed by atoms with Crippen LogP contribution in [0, 0.1) is 6.57 Å². The first kappa shape index (κ1) is 21.9. The van der Waals surface area contributed by atoms with Gasteiger partial charge in [-0.15, -0.1) is 0 Å². The zero-order chi connectivity index (χ0) is 22.3. The summed E-state index contributed by atoms with van der Waals surface area (Å²) >= 11 is 0. The number of hydrogen-bond donors (Lipinski definition) is 1. The van der Waals surface area contributed by atoms with Gasteiger partial charge in [0.2, 0.25) is 0 Å². The summed E-state index contributed by atoms with van der Waals surface area (Å²) in [5, 5.41) is 7.18. The number of nitrogens with one attached hydrogen (secondary N) is 1. The number of amides is 1. The number of carbonyl (C=O) groups excluding carboxylic acids is 1. The molecule has 1 heterocycles. The van der Waals surface area contributed by atoms with Crippen molar-refractivity contribution in [3.63, 3.8) is 0 Å². The average molecular weight is 418 g/mol. The zero-order valence-electron chi connectivity index (χ0n) is 18.0. The Morgan fingerprint density at radius 3 is 2.65 bits per heavy atom. The summed E-state index contributed by atoms with van der Waals surface area (Å²) in [5.41, 5.74) is 2.72. The largest absolute Gasteiger partial charge is 0.488 e. The highest BCUT2D eigenvalue weighted by Gasteiger charge is 2.16. The second-order valence-corrected chi connectivity index (χ2v) is 8.01. The average Bonchev–Trinajstić information content (AvgIpc) is 3.20. The number of hydrogen-bond acceptors (Lipinski definition) is 4. The van der Waals surface area contributed by atoms with E-state index in [9.17, 15) is 4.79 Å². The Morgan fingerprint density at radius 2 is 1.94 bits per heavy atom. The molecule has 31 heavy (non-hydrogen) atoms. The maximum Gasteiger partial charge on any atom is 0.407 e. The molecule has 7 heteroatoms. The molecule has 0 radical (unpaired) electrons. The van der Waals surface area contributed by atoms with Crippen LogP contribution in [0.4, 0.5) is 10.5 Å². The predicted molar refractivity (Wildman–Crippen MR) is 119 cm³/mol. The molecule has 0 bridgehead atoms. The van der Waals surface area contributed by atoms with Crippen molar-refractivity contribution < 1.29 is 14.3 Å². The summed E-state index contributed by atoms with van der Waals surface area (Å²) in [5.74, 6) is 0.582. The first-order valence-electron chi connectivity index (χ1n) is 10.0. The first-order chi connectivity index (χ1) is 14.8. The molecule has 1 aromatic heterocycles.